The number of carbonyl (C=O) groups is 1. The summed E-state index contributed by atoms with van der Waals surface area (Å²) in [5, 5.41) is 7.81. The number of ether oxygens (including phenoxy) is 2. The Balaban J connectivity index is 1.78. The van der Waals surface area contributed by atoms with Gasteiger partial charge in [0.25, 0.3) is 5.91 Å². The maximum Gasteiger partial charge on any atom is 0.255 e. The predicted octanol–water partition coefficient (Wildman–Crippen LogP) is 0.918. The van der Waals surface area contributed by atoms with E-state index in [2.05, 4.69) is 15.8 Å². The number of nitrogens with zero attached hydrogens (tertiary/aromatic N) is 1. The summed E-state index contributed by atoms with van der Waals surface area (Å²) in [5.74, 6) is 0.0668. The van der Waals surface area contributed by atoms with Crippen LogP contribution in [0.5, 0.6) is 5.75 Å². The van der Waals surface area contributed by atoms with Crippen molar-refractivity contribution in [2.24, 2.45) is 10.8 Å². The number of hydrogen-bond acceptors (Lipinski definition) is 5. The highest BCUT2D eigenvalue weighted by Crippen LogP contribution is 2.13. The van der Waals surface area contributed by atoms with Gasteiger partial charge in [-0.2, -0.15) is 5.10 Å². The average Bonchev–Trinajstić information content (AvgIpc) is 3.10. The molecule has 4 N–H and O–H groups in total. The van der Waals surface area contributed by atoms with Crippen molar-refractivity contribution in [3.63, 3.8) is 0 Å². The number of hydrogen-bond donors (Lipinski definition) is 3. The highest BCUT2D eigenvalue weighted by molar-refractivity contribution is 7.80. The lowest BCUT2D eigenvalue weighted by atomic mass is 10.1. The fourth-order valence-corrected chi connectivity index (χ4v) is 2.33. The fourth-order valence-electron chi connectivity index (χ4n) is 2.20. The van der Waals surface area contributed by atoms with Gasteiger partial charge in [-0.15, -0.1) is 0 Å². The normalized spacial score (nSPS) is 17.4. The molecule has 1 saturated heterocycles. The summed E-state index contributed by atoms with van der Waals surface area (Å²) in [5.41, 5.74) is 9.54. The number of nitrogens with one attached hydrogen (secondary N) is 2. The van der Waals surface area contributed by atoms with Crippen molar-refractivity contribution in [3.05, 3.63) is 29.8 Å². The molecule has 130 valence electrons. The molecule has 8 heteroatoms. The van der Waals surface area contributed by atoms with Crippen LogP contribution in [0.1, 0.15) is 25.3 Å². The quantitative estimate of drug-likeness (QED) is 0.384. The molecule has 2 rings (SSSR count). The van der Waals surface area contributed by atoms with Gasteiger partial charge >= 0.3 is 0 Å². The van der Waals surface area contributed by atoms with Crippen LogP contribution in [0.4, 0.5) is 0 Å². The Hall–Kier alpha value is -2.19. The third-order valence-electron chi connectivity index (χ3n) is 3.49. The summed E-state index contributed by atoms with van der Waals surface area (Å²) >= 11 is 5.19. The molecule has 1 aromatic rings. The first kappa shape index (κ1) is 18.2. The second-order valence-electron chi connectivity index (χ2n) is 5.43. The van der Waals surface area contributed by atoms with Gasteiger partial charge in [-0.25, -0.2) is 0 Å². The van der Waals surface area contributed by atoms with Crippen LogP contribution in [0, 0.1) is 0 Å². The Bertz CT molecular complexity index is 598. The average molecular weight is 350 g/mol. The number of amides is 1. The number of primary amides is 1. The van der Waals surface area contributed by atoms with Crippen LogP contribution in [-0.2, 0) is 9.53 Å². The third kappa shape index (κ3) is 6.13. The monoisotopic (exact) mass is 350 g/mol. The Morgan fingerprint density at radius 1 is 1.46 bits per heavy atom. The van der Waals surface area contributed by atoms with E-state index < -0.39 is 5.91 Å². The van der Waals surface area contributed by atoms with Crippen molar-refractivity contribution in [2.45, 2.75) is 25.9 Å². The first-order valence-corrected chi connectivity index (χ1v) is 8.16. The van der Waals surface area contributed by atoms with Gasteiger partial charge in [-0.05, 0) is 61.8 Å². The molecule has 1 aromatic carbocycles. The van der Waals surface area contributed by atoms with Crippen LogP contribution in [0.2, 0.25) is 0 Å². The zero-order valence-corrected chi connectivity index (χ0v) is 14.4. The molecule has 1 fully saturated rings. The summed E-state index contributed by atoms with van der Waals surface area (Å²) in [6.45, 7) is 3.24. The van der Waals surface area contributed by atoms with Crippen molar-refractivity contribution in [1.82, 2.24) is 10.7 Å². The van der Waals surface area contributed by atoms with Crippen LogP contribution < -0.4 is 21.2 Å². The number of benzene rings is 1. The van der Waals surface area contributed by atoms with Crippen molar-refractivity contribution < 1.29 is 14.3 Å². The molecule has 1 amide bonds. The lowest BCUT2D eigenvalue weighted by Crippen LogP contribution is -2.37. The van der Waals surface area contributed by atoms with Gasteiger partial charge in [-0.1, -0.05) is 0 Å². The molecule has 0 bridgehead atoms. The van der Waals surface area contributed by atoms with E-state index in [9.17, 15) is 4.79 Å². The van der Waals surface area contributed by atoms with Crippen LogP contribution in [-0.4, -0.2) is 42.6 Å². The molecule has 1 aliphatic rings. The highest BCUT2D eigenvalue weighted by Gasteiger charge is 2.15. The number of carbonyl (C=O) groups excluding carboxylic acids is 1. The molecule has 1 atom stereocenters. The van der Waals surface area contributed by atoms with Gasteiger partial charge in [0.2, 0.25) is 0 Å². The second-order valence-corrected chi connectivity index (χ2v) is 5.84. The minimum atomic E-state index is -0.509. The lowest BCUT2D eigenvalue weighted by Gasteiger charge is -2.12. The van der Waals surface area contributed by atoms with Crippen molar-refractivity contribution >= 4 is 28.9 Å². The van der Waals surface area contributed by atoms with Crippen LogP contribution in [0.3, 0.4) is 0 Å². The number of thiocarbonyl (C=S) groups is 1. The standard InChI is InChI=1S/C16H22N4O3S/c1-11(12-4-6-13(7-5-12)23-10-15(17)21)19-20-16(24)18-9-14-3-2-8-22-14/h4-7,14H,2-3,8-10H2,1H3,(H2,17,21)(H2,18,20,24)/b19-11+. The molecule has 24 heavy (non-hydrogen) atoms. The van der Waals surface area contributed by atoms with Crippen molar-refractivity contribution in [2.75, 3.05) is 19.8 Å². The topological polar surface area (TPSA) is 98.0 Å². The first-order valence-electron chi connectivity index (χ1n) is 7.76. The van der Waals surface area contributed by atoms with Gasteiger partial charge in [0, 0.05) is 13.2 Å². The van der Waals surface area contributed by atoms with E-state index in [0.29, 0.717) is 17.4 Å². The molecule has 1 heterocycles. The largest absolute Gasteiger partial charge is 0.484 e. The van der Waals surface area contributed by atoms with Crippen LogP contribution >= 0.6 is 12.2 Å². The van der Waals surface area contributed by atoms with E-state index in [1.54, 1.807) is 12.1 Å². The van der Waals surface area contributed by atoms with Crippen molar-refractivity contribution in [1.29, 1.82) is 0 Å². The first-order chi connectivity index (χ1) is 11.5. The zero-order chi connectivity index (χ0) is 17.4. The molecular weight excluding hydrogens is 328 g/mol. The Labute approximate surface area is 146 Å². The Kier molecular flexibility index (Phi) is 6.95. The van der Waals surface area contributed by atoms with E-state index in [4.69, 9.17) is 27.4 Å². The molecule has 0 aromatic heterocycles. The Morgan fingerprint density at radius 3 is 2.83 bits per heavy atom. The molecule has 0 radical (unpaired) electrons. The number of hydrazone groups is 1. The lowest BCUT2D eigenvalue weighted by molar-refractivity contribution is -0.119. The molecule has 0 spiro atoms. The van der Waals surface area contributed by atoms with Gasteiger partial charge in [0.15, 0.2) is 11.7 Å². The molecule has 0 saturated carbocycles. The second kappa shape index (κ2) is 9.19. The summed E-state index contributed by atoms with van der Waals surface area (Å²) in [4.78, 5) is 10.7. The third-order valence-corrected chi connectivity index (χ3v) is 3.73. The van der Waals surface area contributed by atoms with E-state index >= 15 is 0 Å². The smallest absolute Gasteiger partial charge is 0.255 e. The molecule has 0 aliphatic carbocycles. The van der Waals surface area contributed by atoms with Crippen LogP contribution in [0.25, 0.3) is 0 Å². The number of nitrogens with two attached hydrogens (primary N) is 1. The highest BCUT2D eigenvalue weighted by atomic mass is 32.1. The van der Waals surface area contributed by atoms with E-state index in [-0.39, 0.29) is 12.7 Å². The SMILES string of the molecule is C/C(=N\NC(=S)NCC1CCCO1)c1ccc(OCC(N)=O)cc1. The van der Waals surface area contributed by atoms with Gasteiger partial charge in [0.1, 0.15) is 5.75 Å². The summed E-state index contributed by atoms with van der Waals surface area (Å²) < 4.78 is 10.7. The summed E-state index contributed by atoms with van der Waals surface area (Å²) in [6, 6.07) is 7.20. The maximum absolute atomic E-state index is 10.7. The summed E-state index contributed by atoms with van der Waals surface area (Å²) in [7, 11) is 0. The Morgan fingerprint density at radius 2 is 2.21 bits per heavy atom. The summed E-state index contributed by atoms with van der Waals surface area (Å²) in [6.07, 6.45) is 2.38. The van der Waals surface area contributed by atoms with Gasteiger partial charge < -0.3 is 20.5 Å². The molecular formula is C16H22N4O3S. The minimum absolute atomic E-state index is 0.140. The molecule has 1 aliphatic heterocycles. The van der Waals surface area contributed by atoms with Gasteiger partial charge in [-0.3, -0.25) is 10.2 Å². The van der Waals surface area contributed by atoms with E-state index in [1.807, 2.05) is 19.1 Å². The molecule has 1 unspecified atom stereocenters. The fraction of sp³-hybridized carbons (Fsp3) is 0.438. The van der Waals surface area contributed by atoms with Crippen LogP contribution in [0.15, 0.2) is 29.4 Å². The number of rotatable bonds is 7. The van der Waals surface area contributed by atoms with E-state index in [0.717, 1.165) is 30.7 Å². The van der Waals surface area contributed by atoms with Gasteiger partial charge in [0.05, 0.1) is 11.8 Å². The van der Waals surface area contributed by atoms with E-state index in [1.165, 1.54) is 0 Å². The molecule has 7 nitrogen and oxygen atoms in total. The zero-order valence-electron chi connectivity index (χ0n) is 13.6. The van der Waals surface area contributed by atoms with Crippen molar-refractivity contribution in [3.8, 4) is 5.75 Å². The minimum Gasteiger partial charge on any atom is -0.484 e. The maximum atomic E-state index is 10.7. The predicted molar refractivity (Wildman–Crippen MR) is 96.1 cm³/mol.